The number of esters is 1. The third-order valence-corrected chi connectivity index (χ3v) is 3.11. The fourth-order valence-corrected chi connectivity index (χ4v) is 1.49. The first kappa shape index (κ1) is 16.1. The molecule has 0 aliphatic heterocycles. The van der Waals surface area contributed by atoms with Crippen molar-refractivity contribution in [2.75, 3.05) is 6.61 Å². The maximum absolute atomic E-state index is 13.5. The fraction of sp³-hybridized carbons (Fsp3) is 0.615. The Labute approximate surface area is 116 Å². The molecule has 1 heterocycles. The first-order chi connectivity index (χ1) is 9.12. The van der Waals surface area contributed by atoms with E-state index in [1.54, 1.807) is 13.0 Å². The number of nitriles is 1. The van der Waals surface area contributed by atoms with E-state index in [1.807, 2.05) is 0 Å². The van der Waals surface area contributed by atoms with Crippen LogP contribution in [-0.2, 0) is 11.3 Å². The van der Waals surface area contributed by atoms with Gasteiger partial charge in [0.2, 0.25) is 0 Å². The first-order valence-electron chi connectivity index (χ1n) is 6.15. The monoisotopic (exact) mass is 285 g/mol. The molecule has 0 saturated carbocycles. The quantitative estimate of drug-likeness (QED) is 0.780. The molecule has 0 saturated heterocycles. The third kappa shape index (κ3) is 3.32. The van der Waals surface area contributed by atoms with E-state index in [2.05, 4.69) is 5.10 Å². The number of rotatable bonds is 5. The second-order valence-corrected chi connectivity index (χ2v) is 5.19. The summed E-state index contributed by atoms with van der Waals surface area (Å²) in [7, 11) is 0. The predicted octanol–water partition coefficient (Wildman–Crippen LogP) is 2.61. The number of hydrogen-bond acceptors (Lipinski definition) is 4. The molecule has 1 rings (SSSR count). The molecule has 0 spiro atoms. The molecule has 0 N–H and O–H groups in total. The SMILES string of the molecule is CCOC(=O)c1cn(CC(C)(C)C(C)(F)F)nc1C#N. The summed E-state index contributed by atoms with van der Waals surface area (Å²) in [6.45, 7) is 5.29. The first-order valence-corrected chi connectivity index (χ1v) is 6.15. The van der Waals surface area contributed by atoms with Gasteiger partial charge in [0.15, 0.2) is 5.69 Å². The van der Waals surface area contributed by atoms with Gasteiger partial charge in [0.05, 0.1) is 13.2 Å². The van der Waals surface area contributed by atoms with E-state index in [0.29, 0.717) is 0 Å². The van der Waals surface area contributed by atoms with Gasteiger partial charge in [0, 0.05) is 11.6 Å². The highest BCUT2D eigenvalue weighted by Crippen LogP contribution is 2.37. The molecule has 0 amide bonds. The smallest absolute Gasteiger partial charge is 0.342 e. The van der Waals surface area contributed by atoms with Crippen molar-refractivity contribution < 1.29 is 18.3 Å². The van der Waals surface area contributed by atoms with Crippen LogP contribution in [0.4, 0.5) is 8.78 Å². The van der Waals surface area contributed by atoms with Crippen molar-refractivity contribution in [3.05, 3.63) is 17.5 Å². The summed E-state index contributed by atoms with van der Waals surface area (Å²) in [5, 5.41) is 12.8. The maximum atomic E-state index is 13.5. The zero-order valence-corrected chi connectivity index (χ0v) is 11.9. The van der Waals surface area contributed by atoms with Crippen LogP contribution in [0.25, 0.3) is 0 Å². The Morgan fingerprint density at radius 1 is 1.50 bits per heavy atom. The van der Waals surface area contributed by atoms with E-state index in [4.69, 9.17) is 10.00 Å². The van der Waals surface area contributed by atoms with Gasteiger partial charge in [-0.15, -0.1) is 0 Å². The van der Waals surface area contributed by atoms with Gasteiger partial charge < -0.3 is 4.74 Å². The number of carbonyl (C=O) groups is 1. The maximum Gasteiger partial charge on any atom is 0.342 e. The summed E-state index contributed by atoms with van der Waals surface area (Å²) in [6, 6.07) is 1.76. The van der Waals surface area contributed by atoms with Crippen molar-refractivity contribution in [2.45, 2.75) is 40.2 Å². The van der Waals surface area contributed by atoms with Crippen LogP contribution in [0.5, 0.6) is 0 Å². The molecule has 0 unspecified atom stereocenters. The minimum absolute atomic E-state index is 0.00966. The summed E-state index contributed by atoms with van der Waals surface area (Å²) in [5.74, 6) is -3.60. The molecule has 1 aromatic heterocycles. The molecule has 110 valence electrons. The average molecular weight is 285 g/mol. The highest BCUT2D eigenvalue weighted by molar-refractivity contribution is 5.91. The number of hydrogen-bond donors (Lipinski definition) is 0. The van der Waals surface area contributed by atoms with Crippen LogP contribution < -0.4 is 0 Å². The molecular weight excluding hydrogens is 268 g/mol. The number of ether oxygens (including phenoxy) is 1. The van der Waals surface area contributed by atoms with E-state index in [0.717, 1.165) is 6.92 Å². The molecule has 0 aliphatic carbocycles. The molecule has 0 radical (unpaired) electrons. The van der Waals surface area contributed by atoms with Crippen molar-refractivity contribution >= 4 is 5.97 Å². The lowest BCUT2D eigenvalue weighted by atomic mass is 9.86. The molecule has 0 fully saturated rings. The van der Waals surface area contributed by atoms with Crippen molar-refractivity contribution in [1.82, 2.24) is 9.78 Å². The van der Waals surface area contributed by atoms with E-state index >= 15 is 0 Å². The van der Waals surface area contributed by atoms with E-state index in [-0.39, 0.29) is 24.4 Å². The topological polar surface area (TPSA) is 67.9 Å². The molecule has 0 bridgehead atoms. The Balaban J connectivity index is 3.06. The number of carbonyl (C=O) groups excluding carboxylic acids is 1. The summed E-state index contributed by atoms with van der Waals surface area (Å²) in [4.78, 5) is 11.6. The fourth-order valence-electron chi connectivity index (χ4n) is 1.49. The number of nitrogens with zero attached hydrogens (tertiary/aromatic N) is 3. The van der Waals surface area contributed by atoms with Gasteiger partial charge in [0.25, 0.3) is 5.92 Å². The number of alkyl halides is 2. The molecule has 7 heteroatoms. The average Bonchev–Trinajstić information content (AvgIpc) is 2.70. The van der Waals surface area contributed by atoms with Crippen molar-refractivity contribution in [3.63, 3.8) is 0 Å². The lowest BCUT2D eigenvalue weighted by Crippen LogP contribution is -2.37. The molecule has 5 nitrogen and oxygen atoms in total. The Kier molecular flexibility index (Phi) is 4.48. The number of halogens is 2. The zero-order valence-electron chi connectivity index (χ0n) is 11.9. The van der Waals surface area contributed by atoms with E-state index < -0.39 is 17.3 Å². The molecule has 1 aromatic rings. The Morgan fingerprint density at radius 3 is 2.55 bits per heavy atom. The Hall–Kier alpha value is -1.97. The summed E-state index contributed by atoms with van der Waals surface area (Å²) in [6.07, 6.45) is 1.27. The summed E-state index contributed by atoms with van der Waals surface area (Å²) < 4.78 is 32.9. The minimum atomic E-state index is -2.92. The normalized spacial score (nSPS) is 12.1. The number of aromatic nitrogens is 2. The molecule has 20 heavy (non-hydrogen) atoms. The van der Waals surface area contributed by atoms with Crippen LogP contribution in [0.1, 0.15) is 43.7 Å². The Morgan fingerprint density at radius 2 is 2.10 bits per heavy atom. The van der Waals surface area contributed by atoms with Gasteiger partial charge in [-0.25, -0.2) is 13.6 Å². The third-order valence-electron chi connectivity index (χ3n) is 3.11. The van der Waals surface area contributed by atoms with Crippen LogP contribution in [-0.4, -0.2) is 28.3 Å². The second-order valence-electron chi connectivity index (χ2n) is 5.19. The summed E-state index contributed by atoms with van der Waals surface area (Å²) >= 11 is 0. The van der Waals surface area contributed by atoms with Gasteiger partial charge in [-0.3, -0.25) is 4.68 Å². The molecule has 0 atom stereocenters. The van der Waals surface area contributed by atoms with Crippen molar-refractivity contribution in [3.8, 4) is 6.07 Å². The van der Waals surface area contributed by atoms with E-state index in [1.165, 1.54) is 24.7 Å². The Bertz CT molecular complexity index is 539. The standard InChI is InChI=1S/C13H17F2N3O2/c1-5-20-11(19)9-7-18(17-10(9)6-16)8-12(2,3)13(4,14)15/h7H,5,8H2,1-4H3. The molecule has 0 aliphatic rings. The van der Waals surface area contributed by atoms with Gasteiger partial charge in [0.1, 0.15) is 11.6 Å². The van der Waals surface area contributed by atoms with Crippen LogP contribution in [0.3, 0.4) is 0 Å². The van der Waals surface area contributed by atoms with E-state index in [9.17, 15) is 13.6 Å². The molecular formula is C13H17F2N3O2. The zero-order chi connectivity index (χ0) is 15.6. The van der Waals surface area contributed by atoms with Gasteiger partial charge >= 0.3 is 5.97 Å². The van der Waals surface area contributed by atoms with Crippen molar-refractivity contribution in [1.29, 1.82) is 5.26 Å². The lowest BCUT2D eigenvalue weighted by Gasteiger charge is -2.31. The summed E-state index contributed by atoms with van der Waals surface area (Å²) in [5.41, 5.74) is -1.50. The minimum Gasteiger partial charge on any atom is -0.462 e. The van der Waals surface area contributed by atoms with Crippen LogP contribution in [0, 0.1) is 16.7 Å². The van der Waals surface area contributed by atoms with Gasteiger partial charge in [-0.05, 0) is 13.8 Å². The van der Waals surface area contributed by atoms with Crippen LogP contribution in [0.2, 0.25) is 0 Å². The largest absolute Gasteiger partial charge is 0.462 e. The van der Waals surface area contributed by atoms with Gasteiger partial charge in [-0.1, -0.05) is 13.8 Å². The highest BCUT2D eigenvalue weighted by atomic mass is 19.3. The van der Waals surface area contributed by atoms with Gasteiger partial charge in [-0.2, -0.15) is 10.4 Å². The van der Waals surface area contributed by atoms with Crippen LogP contribution >= 0.6 is 0 Å². The lowest BCUT2D eigenvalue weighted by molar-refractivity contribution is -0.0973. The van der Waals surface area contributed by atoms with Crippen LogP contribution in [0.15, 0.2) is 6.20 Å². The molecule has 0 aromatic carbocycles. The van der Waals surface area contributed by atoms with Crippen molar-refractivity contribution in [2.24, 2.45) is 5.41 Å². The second kappa shape index (κ2) is 5.57. The highest BCUT2D eigenvalue weighted by Gasteiger charge is 2.42. The predicted molar refractivity (Wildman–Crippen MR) is 67.3 cm³/mol.